The zero-order valence-corrected chi connectivity index (χ0v) is 16.8. The molecule has 0 aliphatic heterocycles. The van der Waals surface area contributed by atoms with Gasteiger partial charge in [-0.25, -0.2) is 9.78 Å². The summed E-state index contributed by atoms with van der Waals surface area (Å²) >= 11 is 5.46. The van der Waals surface area contributed by atoms with Gasteiger partial charge < -0.3 is 14.4 Å². The van der Waals surface area contributed by atoms with E-state index >= 15 is 0 Å². The zero-order chi connectivity index (χ0) is 18.1. The van der Waals surface area contributed by atoms with Crippen molar-refractivity contribution in [3.8, 4) is 5.75 Å². The lowest BCUT2D eigenvalue weighted by atomic mass is 10.3. The first kappa shape index (κ1) is 18.1. The molecule has 2 aromatic heterocycles. The van der Waals surface area contributed by atoms with E-state index in [-0.39, 0.29) is 24.3 Å². The van der Waals surface area contributed by atoms with Crippen LogP contribution in [0.1, 0.15) is 0 Å². The van der Waals surface area contributed by atoms with Gasteiger partial charge in [-0.05, 0) is 62.8 Å². The summed E-state index contributed by atoms with van der Waals surface area (Å²) in [5.74, 6) is 0.647. The Bertz CT molecular complexity index is 1020. The molecule has 2 N–H and O–H groups in total. The van der Waals surface area contributed by atoms with E-state index in [1.165, 1.54) is 16.2 Å². The van der Waals surface area contributed by atoms with Crippen LogP contribution in [-0.2, 0) is 13.6 Å². The van der Waals surface area contributed by atoms with Gasteiger partial charge in [-0.2, -0.15) is 0 Å². The molecular formula is C15H14BrIN4O4. The Labute approximate surface area is 163 Å². The fraction of sp³-hybridized carbons (Fsp3) is 0.267. The van der Waals surface area contributed by atoms with Crippen LogP contribution >= 0.6 is 38.5 Å². The SMILES string of the molecule is Cn1c(=O)[nH]c(=O)c2c1nc(Br)n2C[C@@H](O)COc1ccc(I)cc1. The molecule has 0 fully saturated rings. The quantitative estimate of drug-likeness (QED) is 0.389. The molecule has 0 saturated heterocycles. The molecule has 0 radical (unpaired) electrons. The number of nitrogens with zero attached hydrogens (tertiary/aromatic N) is 3. The first-order chi connectivity index (χ1) is 11.9. The number of aryl methyl sites for hydroxylation is 1. The van der Waals surface area contributed by atoms with Gasteiger partial charge in [0.2, 0.25) is 0 Å². The molecule has 0 saturated carbocycles. The third-order valence-electron chi connectivity index (χ3n) is 3.61. The molecule has 0 spiro atoms. The third-order valence-corrected chi connectivity index (χ3v) is 4.93. The highest BCUT2D eigenvalue weighted by Crippen LogP contribution is 2.17. The van der Waals surface area contributed by atoms with E-state index < -0.39 is 17.4 Å². The van der Waals surface area contributed by atoms with Crippen LogP contribution in [-0.4, -0.2) is 36.9 Å². The van der Waals surface area contributed by atoms with Crippen molar-refractivity contribution >= 4 is 49.7 Å². The Hall–Kier alpha value is -1.66. The largest absolute Gasteiger partial charge is 0.491 e. The number of rotatable bonds is 5. The molecule has 10 heteroatoms. The zero-order valence-electron chi connectivity index (χ0n) is 13.1. The van der Waals surface area contributed by atoms with Gasteiger partial charge in [0.25, 0.3) is 5.56 Å². The van der Waals surface area contributed by atoms with E-state index in [1.807, 2.05) is 24.3 Å². The first-order valence-corrected chi connectivity index (χ1v) is 9.15. The maximum absolute atomic E-state index is 12.1. The number of imidazole rings is 1. The van der Waals surface area contributed by atoms with Gasteiger partial charge in [0.05, 0.1) is 6.54 Å². The van der Waals surface area contributed by atoms with E-state index in [0.29, 0.717) is 10.5 Å². The van der Waals surface area contributed by atoms with Crippen molar-refractivity contribution in [2.45, 2.75) is 12.6 Å². The number of hydrogen-bond acceptors (Lipinski definition) is 5. The topological polar surface area (TPSA) is 102 Å². The molecule has 1 atom stereocenters. The van der Waals surface area contributed by atoms with Gasteiger partial charge in [0.1, 0.15) is 18.5 Å². The predicted octanol–water partition coefficient (Wildman–Crippen LogP) is 1.23. The Morgan fingerprint density at radius 1 is 1.36 bits per heavy atom. The van der Waals surface area contributed by atoms with Crippen LogP contribution in [0.25, 0.3) is 11.2 Å². The summed E-state index contributed by atoms with van der Waals surface area (Å²) in [6.45, 7) is 0.138. The lowest BCUT2D eigenvalue weighted by Gasteiger charge is -2.14. The Morgan fingerprint density at radius 2 is 2.04 bits per heavy atom. The molecule has 1 aromatic carbocycles. The summed E-state index contributed by atoms with van der Waals surface area (Å²) < 4.78 is 9.74. The van der Waals surface area contributed by atoms with E-state index in [9.17, 15) is 14.7 Å². The van der Waals surface area contributed by atoms with Crippen LogP contribution in [0, 0.1) is 3.57 Å². The molecule has 0 unspecified atom stereocenters. The number of aliphatic hydroxyl groups is 1. The lowest BCUT2D eigenvalue weighted by Crippen LogP contribution is -2.30. The number of aromatic amines is 1. The van der Waals surface area contributed by atoms with Crippen LogP contribution in [0.3, 0.4) is 0 Å². The third kappa shape index (κ3) is 3.80. The minimum absolute atomic E-state index is 0.0520. The van der Waals surface area contributed by atoms with E-state index in [1.54, 1.807) is 0 Å². The molecule has 132 valence electrons. The lowest BCUT2D eigenvalue weighted by molar-refractivity contribution is 0.0928. The van der Waals surface area contributed by atoms with E-state index in [4.69, 9.17) is 4.74 Å². The second-order valence-electron chi connectivity index (χ2n) is 5.40. The molecule has 0 amide bonds. The van der Waals surface area contributed by atoms with Gasteiger partial charge in [-0.1, -0.05) is 0 Å². The molecule has 2 heterocycles. The maximum atomic E-state index is 12.1. The normalized spacial score (nSPS) is 12.5. The van der Waals surface area contributed by atoms with Crippen molar-refractivity contribution in [3.63, 3.8) is 0 Å². The number of nitrogens with one attached hydrogen (secondary N) is 1. The van der Waals surface area contributed by atoms with Crippen LogP contribution in [0.5, 0.6) is 5.75 Å². The second kappa shape index (κ2) is 7.30. The number of ether oxygens (including phenoxy) is 1. The van der Waals surface area contributed by atoms with Crippen molar-refractivity contribution in [2.24, 2.45) is 7.05 Å². The number of hydrogen-bond donors (Lipinski definition) is 2. The van der Waals surface area contributed by atoms with Crippen molar-refractivity contribution in [2.75, 3.05) is 6.61 Å². The molecule has 0 aliphatic carbocycles. The molecule has 3 rings (SSSR count). The van der Waals surface area contributed by atoms with Crippen molar-refractivity contribution in [1.82, 2.24) is 19.1 Å². The van der Waals surface area contributed by atoms with Gasteiger partial charge >= 0.3 is 5.69 Å². The summed E-state index contributed by atoms with van der Waals surface area (Å²) in [6.07, 6.45) is -0.871. The van der Waals surface area contributed by atoms with E-state index in [0.717, 1.165) is 3.57 Å². The number of halogens is 2. The fourth-order valence-corrected chi connectivity index (χ4v) is 3.21. The minimum Gasteiger partial charge on any atom is -0.491 e. The Kier molecular flexibility index (Phi) is 5.29. The monoisotopic (exact) mass is 520 g/mol. The molecule has 25 heavy (non-hydrogen) atoms. The molecule has 3 aromatic rings. The predicted molar refractivity (Wildman–Crippen MR) is 104 cm³/mol. The molecule has 0 bridgehead atoms. The summed E-state index contributed by atoms with van der Waals surface area (Å²) in [4.78, 5) is 30.2. The average Bonchev–Trinajstić information content (AvgIpc) is 2.89. The smallest absolute Gasteiger partial charge is 0.329 e. The van der Waals surface area contributed by atoms with Crippen molar-refractivity contribution in [3.05, 3.63) is 53.4 Å². The van der Waals surface area contributed by atoms with E-state index in [2.05, 4.69) is 48.5 Å². The highest BCUT2D eigenvalue weighted by molar-refractivity contribution is 14.1. The number of benzene rings is 1. The summed E-state index contributed by atoms with van der Waals surface area (Å²) in [5, 5.41) is 10.3. The Balaban J connectivity index is 1.81. The highest BCUT2D eigenvalue weighted by atomic mass is 127. The van der Waals surface area contributed by atoms with Crippen molar-refractivity contribution < 1.29 is 9.84 Å². The van der Waals surface area contributed by atoms with Gasteiger partial charge in [-0.15, -0.1) is 0 Å². The number of H-pyrrole nitrogens is 1. The van der Waals surface area contributed by atoms with Gasteiger partial charge in [0.15, 0.2) is 15.9 Å². The number of aliphatic hydroxyl groups excluding tert-OH is 1. The van der Waals surface area contributed by atoms with Crippen LogP contribution < -0.4 is 16.0 Å². The number of fused-ring (bicyclic) bond motifs is 1. The summed E-state index contributed by atoms with van der Waals surface area (Å²) in [7, 11) is 1.51. The van der Waals surface area contributed by atoms with Crippen LogP contribution in [0.2, 0.25) is 0 Å². The molecule has 0 aliphatic rings. The molecular weight excluding hydrogens is 507 g/mol. The van der Waals surface area contributed by atoms with Crippen LogP contribution in [0.15, 0.2) is 38.6 Å². The average molecular weight is 521 g/mol. The maximum Gasteiger partial charge on any atom is 0.329 e. The summed E-state index contributed by atoms with van der Waals surface area (Å²) in [6, 6.07) is 7.44. The number of aromatic nitrogens is 4. The highest BCUT2D eigenvalue weighted by Gasteiger charge is 2.18. The van der Waals surface area contributed by atoms with Gasteiger partial charge in [0, 0.05) is 10.6 Å². The molecule has 8 nitrogen and oxygen atoms in total. The Morgan fingerprint density at radius 3 is 2.72 bits per heavy atom. The minimum atomic E-state index is -0.871. The first-order valence-electron chi connectivity index (χ1n) is 7.28. The fourth-order valence-electron chi connectivity index (χ4n) is 2.36. The summed E-state index contributed by atoms with van der Waals surface area (Å²) in [5.41, 5.74) is -0.645. The van der Waals surface area contributed by atoms with Crippen LogP contribution in [0.4, 0.5) is 0 Å². The van der Waals surface area contributed by atoms with Crippen molar-refractivity contribution in [1.29, 1.82) is 0 Å². The standard InChI is InChI=1S/C15H14BrIN4O4/c1-20-12-11(13(23)19-15(20)24)21(14(16)18-12)6-9(22)7-25-10-4-2-8(17)3-5-10/h2-5,9,22H,6-7H2,1H3,(H,19,23,24)/t9-/m1/s1. The van der Waals surface area contributed by atoms with Gasteiger partial charge in [-0.3, -0.25) is 14.3 Å². The second-order valence-corrected chi connectivity index (χ2v) is 7.36.